The number of imide groups is 2. The number of carbonyl (C=O) groups is 4. The molecule has 8 heteroatoms. The molecule has 1 aliphatic rings. The molecular weight excluding hydrogens is 364 g/mol. The van der Waals surface area contributed by atoms with E-state index in [1.165, 1.54) is 18.2 Å². The van der Waals surface area contributed by atoms with Crippen molar-refractivity contribution in [2.75, 3.05) is 11.5 Å². The van der Waals surface area contributed by atoms with Crippen LogP contribution in [-0.4, -0.2) is 30.4 Å². The number of carboxylic acids is 1. The fraction of sp³-hybridized carbons (Fsp3) is 0.100. The fourth-order valence-corrected chi connectivity index (χ4v) is 2.55. The zero-order chi connectivity index (χ0) is 20.3. The van der Waals surface area contributed by atoms with Gasteiger partial charge in [0.1, 0.15) is 17.9 Å². The monoisotopic (exact) mass is 379 g/mol. The minimum Gasteiger partial charge on any atom is -0.546 e. The zero-order valence-electron chi connectivity index (χ0n) is 14.8. The van der Waals surface area contributed by atoms with E-state index in [0.29, 0.717) is 17.0 Å². The molecule has 1 heterocycles. The van der Waals surface area contributed by atoms with Crippen molar-refractivity contribution in [2.24, 2.45) is 0 Å². The second-order valence-corrected chi connectivity index (χ2v) is 6.02. The van der Waals surface area contributed by atoms with E-state index >= 15 is 0 Å². The van der Waals surface area contributed by atoms with Crippen LogP contribution in [0.1, 0.15) is 11.1 Å². The van der Waals surface area contributed by atoms with E-state index in [1.54, 1.807) is 36.4 Å². The maximum absolute atomic E-state index is 12.8. The summed E-state index contributed by atoms with van der Waals surface area (Å²) in [6.07, 6.45) is 1.34. The molecule has 0 saturated carbocycles. The van der Waals surface area contributed by atoms with Crippen LogP contribution < -0.4 is 20.1 Å². The van der Waals surface area contributed by atoms with Gasteiger partial charge in [-0.25, -0.2) is 9.69 Å². The quantitative estimate of drug-likeness (QED) is 0.607. The molecule has 0 aromatic heterocycles. The first kappa shape index (κ1) is 18.8. The molecule has 1 saturated heterocycles. The predicted octanol–water partition coefficient (Wildman–Crippen LogP) is 0.790. The van der Waals surface area contributed by atoms with E-state index in [9.17, 15) is 24.3 Å². The van der Waals surface area contributed by atoms with Crippen LogP contribution in [0.5, 0.6) is 5.75 Å². The molecule has 0 bridgehead atoms. The molecule has 0 spiro atoms. The van der Waals surface area contributed by atoms with Gasteiger partial charge in [0.25, 0.3) is 11.8 Å². The maximum atomic E-state index is 12.8. The Kier molecular flexibility index (Phi) is 5.21. The van der Waals surface area contributed by atoms with Crippen molar-refractivity contribution in [3.63, 3.8) is 0 Å². The van der Waals surface area contributed by atoms with Crippen LogP contribution in [-0.2, 0) is 14.4 Å². The minimum absolute atomic E-state index is 0.205. The Balaban J connectivity index is 1.86. The smallest absolute Gasteiger partial charge is 0.335 e. The van der Waals surface area contributed by atoms with Crippen molar-refractivity contribution in [1.29, 1.82) is 0 Å². The molecule has 2 aromatic rings. The first-order valence-corrected chi connectivity index (χ1v) is 8.26. The molecule has 1 fully saturated rings. The Morgan fingerprint density at radius 3 is 2.32 bits per heavy atom. The van der Waals surface area contributed by atoms with Crippen LogP contribution in [0.15, 0.2) is 54.1 Å². The Bertz CT molecular complexity index is 977. The first-order valence-electron chi connectivity index (χ1n) is 8.26. The van der Waals surface area contributed by atoms with Crippen molar-refractivity contribution in [2.45, 2.75) is 6.92 Å². The van der Waals surface area contributed by atoms with Gasteiger partial charge in [-0.15, -0.1) is 0 Å². The minimum atomic E-state index is -1.35. The summed E-state index contributed by atoms with van der Waals surface area (Å²) < 4.78 is 4.97. The maximum Gasteiger partial charge on any atom is 0.335 e. The van der Waals surface area contributed by atoms with Gasteiger partial charge in [0.2, 0.25) is 0 Å². The first-order chi connectivity index (χ1) is 13.3. The molecule has 0 radical (unpaired) electrons. The highest BCUT2D eigenvalue weighted by Crippen LogP contribution is 2.23. The van der Waals surface area contributed by atoms with Crippen molar-refractivity contribution < 1.29 is 29.0 Å². The van der Waals surface area contributed by atoms with Crippen LogP contribution in [0.2, 0.25) is 0 Å². The van der Waals surface area contributed by atoms with Crippen LogP contribution >= 0.6 is 0 Å². The van der Waals surface area contributed by atoms with Crippen molar-refractivity contribution in [1.82, 2.24) is 5.32 Å². The third-order valence-electron chi connectivity index (χ3n) is 3.94. The number of barbiturate groups is 1. The number of hydrogen-bond acceptors (Lipinski definition) is 6. The molecule has 0 atom stereocenters. The molecule has 1 aliphatic heterocycles. The summed E-state index contributed by atoms with van der Waals surface area (Å²) >= 11 is 0. The number of carbonyl (C=O) groups excluding carboxylic acids is 4. The summed E-state index contributed by atoms with van der Waals surface area (Å²) in [4.78, 5) is 48.4. The number of ether oxygens (including phenoxy) is 1. The third kappa shape index (κ3) is 4.07. The summed E-state index contributed by atoms with van der Waals surface area (Å²) in [7, 11) is 0. The van der Waals surface area contributed by atoms with Gasteiger partial charge >= 0.3 is 6.03 Å². The summed E-state index contributed by atoms with van der Waals surface area (Å²) in [6, 6.07) is 12.0. The number of benzene rings is 2. The van der Waals surface area contributed by atoms with Crippen molar-refractivity contribution in [3.8, 4) is 5.75 Å². The second-order valence-electron chi connectivity index (χ2n) is 6.02. The summed E-state index contributed by atoms with van der Waals surface area (Å²) in [5.74, 6) is -2.59. The van der Waals surface area contributed by atoms with Gasteiger partial charge in [0, 0.05) is 0 Å². The van der Waals surface area contributed by atoms with E-state index in [1.807, 2.05) is 6.92 Å². The number of anilines is 1. The SMILES string of the molecule is Cc1ccc(N2C(=O)NC(=O)/C(=C/c3ccc(OCC(=O)[O-])cc3)C2=O)cc1. The molecule has 28 heavy (non-hydrogen) atoms. The van der Waals surface area contributed by atoms with E-state index in [0.717, 1.165) is 10.5 Å². The van der Waals surface area contributed by atoms with E-state index < -0.39 is 30.4 Å². The van der Waals surface area contributed by atoms with Gasteiger partial charge in [-0.3, -0.25) is 14.9 Å². The number of rotatable bonds is 5. The molecule has 0 unspecified atom stereocenters. The predicted molar refractivity (Wildman–Crippen MR) is 97.1 cm³/mol. The Morgan fingerprint density at radius 2 is 1.71 bits per heavy atom. The lowest BCUT2D eigenvalue weighted by Gasteiger charge is -2.26. The summed E-state index contributed by atoms with van der Waals surface area (Å²) in [5.41, 5.74) is 1.60. The number of aryl methyl sites for hydroxylation is 1. The van der Waals surface area contributed by atoms with Gasteiger partial charge in [0.15, 0.2) is 0 Å². The van der Waals surface area contributed by atoms with Gasteiger partial charge in [-0.05, 0) is 42.8 Å². The number of nitrogens with one attached hydrogen (secondary N) is 1. The molecule has 142 valence electrons. The van der Waals surface area contributed by atoms with Gasteiger partial charge < -0.3 is 14.6 Å². The molecule has 1 N–H and O–H groups in total. The third-order valence-corrected chi connectivity index (χ3v) is 3.94. The Labute approximate surface area is 160 Å². The largest absolute Gasteiger partial charge is 0.546 e. The van der Waals surface area contributed by atoms with Crippen molar-refractivity contribution in [3.05, 3.63) is 65.2 Å². The number of amides is 4. The lowest BCUT2D eigenvalue weighted by atomic mass is 10.1. The average Bonchev–Trinajstić information content (AvgIpc) is 2.66. The summed E-state index contributed by atoms with van der Waals surface area (Å²) in [6.45, 7) is 1.28. The standard InChI is InChI=1S/C20H16N2O6/c1-12-2-6-14(7-3-12)22-19(26)16(18(25)21-20(22)27)10-13-4-8-15(9-5-13)28-11-17(23)24/h2-10H,11H2,1H3,(H,23,24)(H,21,25,27)/p-1/b16-10-. The molecule has 4 amide bonds. The highest BCUT2D eigenvalue weighted by atomic mass is 16.5. The Morgan fingerprint density at radius 1 is 1.07 bits per heavy atom. The summed E-state index contributed by atoms with van der Waals surface area (Å²) in [5, 5.41) is 12.6. The molecule has 8 nitrogen and oxygen atoms in total. The Hall–Kier alpha value is -3.94. The number of urea groups is 1. The van der Waals surface area contributed by atoms with Gasteiger partial charge in [-0.1, -0.05) is 29.8 Å². The number of carboxylic acid groups (broad SMARTS) is 1. The number of nitrogens with zero attached hydrogens (tertiary/aromatic N) is 1. The fourth-order valence-electron chi connectivity index (χ4n) is 2.55. The zero-order valence-corrected chi connectivity index (χ0v) is 14.8. The molecule has 0 aliphatic carbocycles. The van der Waals surface area contributed by atoms with Crippen LogP contribution in [0.3, 0.4) is 0 Å². The topological polar surface area (TPSA) is 116 Å². The molecule has 3 rings (SSSR count). The van der Waals surface area contributed by atoms with Crippen LogP contribution in [0.25, 0.3) is 6.08 Å². The van der Waals surface area contributed by atoms with Crippen LogP contribution in [0, 0.1) is 6.92 Å². The van der Waals surface area contributed by atoms with E-state index in [2.05, 4.69) is 5.32 Å². The lowest BCUT2D eigenvalue weighted by molar-refractivity contribution is -0.307. The normalized spacial score (nSPS) is 15.5. The molecular formula is C20H15N2O6-. The van der Waals surface area contributed by atoms with Gasteiger partial charge in [0.05, 0.1) is 11.7 Å². The number of hydrogen-bond donors (Lipinski definition) is 1. The number of aliphatic carboxylic acids is 1. The van der Waals surface area contributed by atoms with E-state index in [-0.39, 0.29) is 5.57 Å². The average molecular weight is 379 g/mol. The van der Waals surface area contributed by atoms with Crippen LogP contribution in [0.4, 0.5) is 10.5 Å². The van der Waals surface area contributed by atoms with Gasteiger partial charge in [-0.2, -0.15) is 0 Å². The molecule has 2 aromatic carbocycles. The van der Waals surface area contributed by atoms with Crippen molar-refractivity contribution >= 4 is 35.6 Å². The lowest BCUT2D eigenvalue weighted by Crippen LogP contribution is -2.54. The second kappa shape index (κ2) is 7.75. The van der Waals surface area contributed by atoms with E-state index in [4.69, 9.17) is 4.74 Å². The highest BCUT2D eigenvalue weighted by molar-refractivity contribution is 6.39. The highest BCUT2D eigenvalue weighted by Gasteiger charge is 2.36.